The van der Waals surface area contributed by atoms with E-state index in [1.807, 2.05) is 0 Å². The van der Waals surface area contributed by atoms with Crippen LogP contribution in [0, 0.1) is 11.7 Å². The molecule has 6 heteroatoms. The Kier molecular flexibility index (Phi) is 8.09. The van der Waals surface area contributed by atoms with Crippen molar-refractivity contribution in [3.8, 4) is 0 Å². The molecule has 1 saturated heterocycles. The van der Waals surface area contributed by atoms with Crippen LogP contribution >= 0.6 is 24.0 Å². The van der Waals surface area contributed by atoms with E-state index in [0.717, 1.165) is 25.1 Å². The molecule has 4 nitrogen and oxygen atoms in total. The third kappa shape index (κ3) is 5.39. The summed E-state index contributed by atoms with van der Waals surface area (Å²) in [7, 11) is 1.63. The summed E-state index contributed by atoms with van der Waals surface area (Å²) in [6.45, 7) is 4.60. The molecule has 1 aliphatic heterocycles. The molecular formula is C16H25FIN3O. The van der Waals surface area contributed by atoms with Gasteiger partial charge in [0.05, 0.1) is 6.54 Å². The summed E-state index contributed by atoms with van der Waals surface area (Å²) in [4.78, 5) is 6.58. The largest absolute Gasteiger partial charge is 0.375 e. The minimum Gasteiger partial charge on any atom is -0.375 e. The first kappa shape index (κ1) is 19.2. The van der Waals surface area contributed by atoms with E-state index < -0.39 is 0 Å². The van der Waals surface area contributed by atoms with Gasteiger partial charge < -0.3 is 15.4 Å². The van der Waals surface area contributed by atoms with Crippen molar-refractivity contribution >= 4 is 29.9 Å². The molecule has 2 rings (SSSR count). The molecule has 0 aliphatic carbocycles. The number of halogens is 2. The first-order valence-corrected chi connectivity index (χ1v) is 7.43. The molecule has 0 radical (unpaired) electrons. The van der Waals surface area contributed by atoms with E-state index in [9.17, 15) is 4.39 Å². The van der Waals surface area contributed by atoms with E-state index >= 15 is 0 Å². The van der Waals surface area contributed by atoms with Crippen LogP contribution in [0.2, 0.25) is 0 Å². The lowest BCUT2D eigenvalue weighted by Gasteiger charge is -2.31. The van der Waals surface area contributed by atoms with Crippen molar-refractivity contribution < 1.29 is 9.13 Å². The van der Waals surface area contributed by atoms with E-state index in [1.54, 1.807) is 19.2 Å². The topological polar surface area (TPSA) is 50.9 Å². The highest BCUT2D eigenvalue weighted by Gasteiger charge is 2.18. The summed E-state index contributed by atoms with van der Waals surface area (Å²) in [5.74, 6) is 0.979. The van der Waals surface area contributed by atoms with E-state index in [0.29, 0.717) is 18.4 Å². The quantitative estimate of drug-likeness (QED) is 0.462. The second kappa shape index (κ2) is 9.29. The number of hydrogen-bond donors (Lipinski definition) is 1. The molecule has 1 heterocycles. The third-order valence-electron chi connectivity index (χ3n) is 3.93. The summed E-state index contributed by atoms with van der Waals surface area (Å²) in [5.41, 5.74) is 6.98. The fourth-order valence-corrected chi connectivity index (χ4v) is 2.67. The van der Waals surface area contributed by atoms with Crippen LogP contribution in [-0.2, 0) is 4.74 Å². The van der Waals surface area contributed by atoms with Crippen molar-refractivity contribution in [3.05, 3.63) is 35.6 Å². The lowest BCUT2D eigenvalue weighted by Crippen LogP contribution is -2.43. The van der Waals surface area contributed by atoms with Gasteiger partial charge in [0, 0.05) is 20.2 Å². The summed E-state index contributed by atoms with van der Waals surface area (Å²) in [6.07, 6.45) is 2.20. The number of benzene rings is 1. The Labute approximate surface area is 148 Å². The number of rotatable bonds is 4. The Hall–Kier alpha value is -0.890. The minimum atomic E-state index is -0.251. The molecule has 0 aromatic heterocycles. The Morgan fingerprint density at radius 3 is 2.73 bits per heavy atom. The molecule has 0 saturated carbocycles. The molecular weight excluding hydrogens is 396 g/mol. The standard InChI is InChI=1S/C16H24FN3O.HI/c1-12-4-3-9-20(11-12)16(18)19-10-15(21-2)13-5-7-14(17)8-6-13;/h5-8,12,15H,3-4,9-11H2,1-2H3,(H2,18,19);1H. The molecule has 2 atom stereocenters. The van der Waals surface area contributed by atoms with Gasteiger partial charge in [-0.2, -0.15) is 0 Å². The number of likely N-dealkylation sites (tertiary alicyclic amines) is 1. The fourth-order valence-electron chi connectivity index (χ4n) is 2.67. The van der Waals surface area contributed by atoms with Gasteiger partial charge in [-0.25, -0.2) is 4.39 Å². The SMILES string of the molecule is COC(CN=C(N)N1CCCC(C)C1)c1ccc(F)cc1.I. The van der Waals surface area contributed by atoms with Crippen LogP contribution in [0.15, 0.2) is 29.3 Å². The van der Waals surface area contributed by atoms with Gasteiger partial charge >= 0.3 is 0 Å². The Morgan fingerprint density at radius 1 is 1.45 bits per heavy atom. The number of nitrogens with two attached hydrogens (primary N) is 1. The predicted molar refractivity (Wildman–Crippen MR) is 98.0 cm³/mol. The highest BCUT2D eigenvalue weighted by molar-refractivity contribution is 14.0. The molecule has 0 bridgehead atoms. The number of piperidine rings is 1. The third-order valence-corrected chi connectivity index (χ3v) is 3.93. The van der Waals surface area contributed by atoms with Crippen molar-refractivity contribution in [1.82, 2.24) is 4.90 Å². The van der Waals surface area contributed by atoms with Gasteiger partial charge in [-0.3, -0.25) is 4.99 Å². The summed E-state index contributed by atoms with van der Waals surface area (Å²) >= 11 is 0. The van der Waals surface area contributed by atoms with Gasteiger partial charge in [0.25, 0.3) is 0 Å². The molecule has 0 amide bonds. The lowest BCUT2D eigenvalue weighted by molar-refractivity contribution is 0.110. The minimum absolute atomic E-state index is 0. The van der Waals surface area contributed by atoms with E-state index in [4.69, 9.17) is 10.5 Å². The predicted octanol–water partition coefficient (Wildman–Crippen LogP) is 3.18. The zero-order chi connectivity index (χ0) is 15.2. The summed E-state index contributed by atoms with van der Waals surface area (Å²) in [6, 6.07) is 6.30. The van der Waals surface area contributed by atoms with E-state index in [1.165, 1.54) is 18.6 Å². The second-order valence-corrected chi connectivity index (χ2v) is 5.67. The normalized spacial score (nSPS) is 20.4. The molecule has 124 valence electrons. The molecule has 1 aliphatic rings. The van der Waals surface area contributed by atoms with Crippen LogP contribution in [0.1, 0.15) is 31.4 Å². The number of nitrogens with zero attached hydrogens (tertiary/aromatic N) is 2. The average Bonchev–Trinajstić information content (AvgIpc) is 2.49. The number of methoxy groups -OCH3 is 1. The van der Waals surface area contributed by atoms with Crippen molar-refractivity contribution in [2.45, 2.75) is 25.9 Å². The molecule has 2 unspecified atom stereocenters. The van der Waals surface area contributed by atoms with Crippen molar-refractivity contribution in [2.75, 3.05) is 26.7 Å². The van der Waals surface area contributed by atoms with Crippen LogP contribution < -0.4 is 5.73 Å². The summed E-state index contributed by atoms with van der Waals surface area (Å²) in [5, 5.41) is 0. The number of hydrogen-bond acceptors (Lipinski definition) is 2. The molecule has 22 heavy (non-hydrogen) atoms. The lowest BCUT2D eigenvalue weighted by atomic mass is 10.0. The zero-order valence-corrected chi connectivity index (χ0v) is 15.5. The molecule has 1 fully saturated rings. The first-order chi connectivity index (χ1) is 10.1. The number of guanidine groups is 1. The Morgan fingerprint density at radius 2 is 2.14 bits per heavy atom. The maximum absolute atomic E-state index is 13.0. The van der Waals surface area contributed by atoms with Crippen molar-refractivity contribution in [3.63, 3.8) is 0 Å². The zero-order valence-electron chi connectivity index (χ0n) is 13.2. The van der Waals surface area contributed by atoms with Gasteiger partial charge in [-0.1, -0.05) is 19.1 Å². The summed E-state index contributed by atoms with van der Waals surface area (Å²) < 4.78 is 18.4. The van der Waals surface area contributed by atoms with Gasteiger partial charge in [-0.05, 0) is 36.5 Å². The molecule has 1 aromatic carbocycles. The monoisotopic (exact) mass is 421 g/mol. The molecule has 0 spiro atoms. The number of ether oxygens (including phenoxy) is 1. The Balaban J connectivity index is 0.00000242. The Bertz CT molecular complexity index is 481. The highest BCUT2D eigenvalue weighted by Crippen LogP contribution is 2.18. The van der Waals surface area contributed by atoms with Gasteiger partial charge in [0.1, 0.15) is 11.9 Å². The van der Waals surface area contributed by atoms with Crippen LogP contribution in [0.4, 0.5) is 4.39 Å². The fraction of sp³-hybridized carbons (Fsp3) is 0.562. The smallest absolute Gasteiger partial charge is 0.191 e. The van der Waals surface area contributed by atoms with Crippen LogP contribution in [0.25, 0.3) is 0 Å². The van der Waals surface area contributed by atoms with Crippen molar-refractivity contribution in [2.24, 2.45) is 16.6 Å². The molecule has 1 aromatic rings. The van der Waals surface area contributed by atoms with Crippen molar-refractivity contribution in [1.29, 1.82) is 0 Å². The van der Waals surface area contributed by atoms with Crippen LogP contribution in [0.3, 0.4) is 0 Å². The van der Waals surface area contributed by atoms with Gasteiger partial charge in [0.2, 0.25) is 0 Å². The highest BCUT2D eigenvalue weighted by atomic mass is 127. The molecule has 2 N–H and O–H groups in total. The average molecular weight is 421 g/mol. The van der Waals surface area contributed by atoms with Gasteiger partial charge in [-0.15, -0.1) is 24.0 Å². The van der Waals surface area contributed by atoms with Gasteiger partial charge in [0.15, 0.2) is 5.96 Å². The van der Waals surface area contributed by atoms with Crippen LogP contribution in [-0.4, -0.2) is 37.6 Å². The van der Waals surface area contributed by atoms with E-state index in [-0.39, 0.29) is 35.9 Å². The number of aliphatic imine (C=N–C) groups is 1. The second-order valence-electron chi connectivity index (χ2n) is 5.67. The van der Waals surface area contributed by atoms with Crippen LogP contribution in [0.5, 0.6) is 0 Å². The van der Waals surface area contributed by atoms with E-state index in [2.05, 4.69) is 16.8 Å². The maximum atomic E-state index is 13.0. The first-order valence-electron chi connectivity index (χ1n) is 7.43. The maximum Gasteiger partial charge on any atom is 0.191 e.